The van der Waals surface area contributed by atoms with E-state index in [0.717, 1.165) is 15.9 Å². The van der Waals surface area contributed by atoms with E-state index in [9.17, 15) is 18.0 Å². The smallest absolute Gasteiger partial charge is 0.340 e. The molecule has 1 N–H and O–H groups in total. The van der Waals surface area contributed by atoms with Crippen molar-refractivity contribution in [3.63, 3.8) is 0 Å². The lowest BCUT2D eigenvalue weighted by atomic mass is 10.0. The van der Waals surface area contributed by atoms with Crippen molar-refractivity contribution in [3.05, 3.63) is 58.6 Å². The van der Waals surface area contributed by atoms with Gasteiger partial charge in [-0.05, 0) is 41.8 Å². The summed E-state index contributed by atoms with van der Waals surface area (Å²) in [5.74, 6) is -1.04. The standard InChI is InChI=1S/C20H23ClN2O5S/c1-13(2)14-5-7-15(8-6-14)22-19(24)12-28-20(25)17-11-16(9-10-18(17)21)29(26,27)23(3)4/h5-11,13H,12H2,1-4H3,(H,22,24). The maximum absolute atomic E-state index is 12.3. The van der Waals surface area contributed by atoms with E-state index in [1.807, 2.05) is 12.1 Å². The molecule has 0 aliphatic heterocycles. The summed E-state index contributed by atoms with van der Waals surface area (Å²) < 4.78 is 30.4. The molecule has 0 saturated carbocycles. The molecule has 29 heavy (non-hydrogen) atoms. The molecule has 9 heteroatoms. The van der Waals surface area contributed by atoms with E-state index in [0.29, 0.717) is 11.6 Å². The second-order valence-electron chi connectivity index (χ2n) is 6.83. The first-order valence-corrected chi connectivity index (χ1v) is 10.6. The molecule has 7 nitrogen and oxygen atoms in total. The predicted molar refractivity (Wildman–Crippen MR) is 112 cm³/mol. The van der Waals surface area contributed by atoms with Gasteiger partial charge in [-0.15, -0.1) is 0 Å². The Kier molecular flexibility index (Phi) is 7.40. The molecule has 0 spiro atoms. The summed E-state index contributed by atoms with van der Waals surface area (Å²) in [4.78, 5) is 24.2. The summed E-state index contributed by atoms with van der Waals surface area (Å²) in [5.41, 5.74) is 1.58. The van der Waals surface area contributed by atoms with Crippen LogP contribution in [0.5, 0.6) is 0 Å². The SMILES string of the molecule is CC(C)c1ccc(NC(=O)COC(=O)c2cc(S(=O)(=O)N(C)C)ccc2Cl)cc1. The molecule has 0 saturated heterocycles. The third-order valence-electron chi connectivity index (χ3n) is 4.13. The first kappa shape index (κ1) is 22.9. The van der Waals surface area contributed by atoms with Crippen molar-refractivity contribution >= 4 is 39.2 Å². The molecule has 2 rings (SSSR count). The number of hydrogen-bond donors (Lipinski definition) is 1. The molecular formula is C20H23ClN2O5S. The summed E-state index contributed by atoms with van der Waals surface area (Å²) in [7, 11) is -0.994. The van der Waals surface area contributed by atoms with Crippen LogP contribution in [0, 0.1) is 0 Å². The molecule has 0 heterocycles. The number of esters is 1. The molecule has 2 aromatic carbocycles. The van der Waals surface area contributed by atoms with Crippen molar-refractivity contribution < 1.29 is 22.7 Å². The van der Waals surface area contributed by atoms with Crippen molar-refractivity contribution in [2.75, 3.05) is 26.0 Å². The van der Waals surface area contributed by atoms with Crippen LogP contribution >= 0.6 is 11.6 Å². The second-order valence-corrected chi connectivity index (χ2v) is 9.39. The molecular weight excluding hydrogens is 416 g/mol. The van der Waals surface area contributed by atoms with Crippen LogP contribution in [0.1, 0.15) is 35.7 Å². The Morgan fingerprint density at radius 1 is 1.10 bits per heavy atom. The van der Waals surface area contributed by atoms with Gasteiger partial charge in [0.05, 0.1) is 15.5 Å². The highest BCUT2D eigenvalue weighted by molar-refractivity contribution is 7.89. The fourth-order valence-electron chi connectivity index (χ4n) is 2.39. The number of rotatable bonds is 7. The number of hydrogen-bond acceptors (Lipinski definition) is 5. The largest absolute Gasteiger partial charge is 0.452 e. The Morgan fingerprint density at radius 3 is 2.28 bits per heavy atom. The van der Waals surface area contributed by atoms with Crippen molar-refractivity contribution in [1.29, 1.82) is 0 Å². The molecule has 0 aromatic heterocycles. The molecule has 0 atom stereocenters. The molecule has 0 aliphatic rings. The number of ether oxygens (including phenoxy) is 1. The average molecular weight is 439 g/mol. The molecule has 0 radical (unpaired) electrons. The van der Waals surface area contributed by atoms with E-state index < -0.39 is 28.5 Å². The second kappa shape index (κ2) is 9.39. The zero-order valence-electron chi connectivity index (χ0n) is 16.6. The summed E-state index contributed by atoms with van der Waals surface area (Å²) >= 11 is 6.00. The highest BCUT2D eigenvalue weighted by Crippen LogP contribution is 2.23. The monoisotopic (exact) mass is 438 g/mol. The molecule has 2 aromatic rings. The third kappa shape index (κ3) is 5.79. The summed E-state index contributed by atoms with van der Waals surface area (Å²) in [6, 6.07) is 11.1. The number of anilines is 1. The van der Waals surface area contributed by atoms with E-state index in [1.165, 1.54) is 26.2 Å². The Hall–Kier alpha value is -2.42. The Bertz CT molecular complexity index is 1000. The number of carbonyl (C=O) groups excluding carboxylic acids is 2. The van der Waals surface area contributed by atoms with Crippen LogP contribution < -0.4 is 5.32 Å². The molecule has 0 unspecified atom stereocenters. The number of nitrogens with one attached hydrogen (secondary N) is 1. The van der Waals surface area contributed by atoms with Crippen LogP contribution in [0.4, 0.5) is 5.69 Å². The normalized spacial score (nSPS) is 11.6. The van der Waals surface area contributed by atoms with Crippen molar-refractivity contribution in [2.45, 2.75) is 24.7 Å². The lowest BCUT2D eigenvalue weighted by Gasteiger charge is -2.13. The number of benzene rings is 2. The van der Waals surface area contributed by atoms with Gasteiger partial charge in [-0.25, -0.2) is 17.5 Å². The van der Waals surface area contributed by atoms with Gasteiger partial charge in [0.15, 0.2) is 6.61 Å². The summed E-state index contributed by atoms with van der Waals surface area (Å²) in [6.07, 6.45) is 0. The molecule has 1 amide bonds. The predicted octanol–water partition coefficient (Wildman–Crippen LogP) is 3.51. The van der Waals surface area contributed by atoms with E-state index in [2.05, 4.69) is 19.2 Å². The Labute approximate surface area is 175 Å². The maximum Gasteiger partial charge on any atom is 0.340 e. The van der Waals surface area contributed by atoms with Crippen LogP contribution in [0.25, 0.3) is 0 Å². The van der Waals surface area contributed by atoms with Gasteiger partial charge in [-0.3, -0.25) is 4.79 Å². The highest BCUT2D eigenvalue weighted by Gasteiger charge is 2.22. The highest BCUT2D eigenvalue weighted by atomic mass is 35.5. The molecule has 156 valence electrons. The van der Waals surface area contributed by atoms with Crippen LogP contribution in [0.3, 0.4) is 0 Å². The minimum atomic E-state index is -3.74. The van der Waals surface area contributed by atoms with Crippen LogP contribution in [0.15, 0.2) is 47.4 Å². The molecule has 0 fully saturated rings. The number of carbonyl (C=O) groups is 2. The van der Waals surface area contributed by atoms with Gasteiger partial charge in [-0.2, -0.15) is 0 Å². The minimum absolute atomic E-state index is 0.0254. The van der Waals surface area contributed by atoms with Crippen LogP contribution in [-0.4, -0.2) is 45.3 Å². The first-order chi connectivity index (χ1) is 13.5. The summed E-state index contributed by atoms with van der Waals surface area (Å²) in [6.45, 7) is 3.60. The van der Waals surface area contributed by atoms with Gasteiger partial charge in [0.1, 0.15) is 0 Å². The topological polar surface area (TPSA) is 92.8 Å². The van der Waals surface area contributed by atoms with Crippen molar-refractivity contribution in [3.8, 4) is 0 Å². The summed E-state index contributed by atoms with van der Waals surface area (Å²) in [5, 5.41) is 2.65. The zero-order valence-corrected chi connectivity index (χ0v) is 18.2. The Morgan fingerprint density at radius 2 is 1.72 bits per heavy atom. The average Bonchev–Trinajstić information content (AvgIpc) is 2.66. The fraction of sp³-hybridized carbons (Fsp3) is 0.300. The van der Waals surface area contributed by atoms with E-state index in [1.54, 1.807) is 12.1 Å². The van der Waals surface area contributed by atoms with Gasteiger partial charge in [0, 0.05) is 19.8 Å². The number of nitrogens with zero attached hydrogens (tertiary/aromatic N) is 1. The van der Waals surface area contributed by atoms with Crippen LogP contribution in [-0.2, 0) is 19.6 Å². The van der Waals surface area contributed by atoms with E-state index in [4.69, 9.17) is 16.3 Å². The van der Waals surface area contributed by atoms with Gasteiger partial charge in [0.25, 0.3) is 5.91 Å². The maximum atomic E-state index is 12.3. The van der Waals surface area contributed by atoms with E-state index >= 15 is 0 Å². The quantitative estimate of drug-likeness (QED) is 0.668. The number of sulfonamides is 1. The number of halogens is 1. The third-order valence-corrected chi connectivity index (χ3v) is 6.27. The van der Waals surface area contributed by atoms with Gasteiger partial charge < -0.3 is 10.1 Å². The molecule has 0 bridgehead atoms. The minimum Gasteiger partial charge on any atom is -0.452 e. The Balaban J connectivity index is 2.04. The lowest BCUT2D eigenvalue weighted by Crippen LogP contribution is -2.23. The van der Waals surface area contributed by atoms with Gasteiger partial charge in [-0.1, -0.05) is 37.6 Å². The first-order valence-electron chi connectivity index (χ1n) is 8.81. The van der Waals surface area contributed by atoms with Crippen molar-refractivity contribution in [1.82, 2.24) is 4.31 Å². The zero-order chi connectivity index (χ0) is 21.8. The van der Waals surface area contributed by atoms with Gasteiger partial charge in [0.2, 0.25) is 10.0 Å². The van der Waals surface area contributed by atoms with Crippen LogP contribution in [0.2, 0.25) is 5.02 Å². The number of amides is 1. The molecule has 0 aliphatic carbocycles. The lowest BCUT2D eigenvalue weighted by molar-refractivity contribution is -0.119. The fourth-order valence-corrected chi connectivity index (χ4v) is 3.51. The van der Waals surface area contributed by atoms with Gasteiger partial charge >= 0.3 is 5.97 Å². The van der Waals surface area contributed by atoms with Crippen molar-refractivity contribution in [2.24, 2.45) is 0 Å². The van der Waals surface area contributed by atoms with E-state index in [-0.39, 0.29) is 15.5 Å².